The van der Waals surface area contributed by atoms with Crippen molar-refractivity contribution in [2.75, 3.05) is 6.54 Å². The van der Waals surface area contributed by atoms with E-state index in [1.54, 1.807) is 0 Å². The second-order valence-electron chi connectivity index (χ2n) is 4.22. The summed E-state index contributed by atoms with van der Waals surface area (Å²) in [5.74, 6) is 1.10. The molecule has 0 aromatic carbocycles. The third kappa shape index (κ3) is 2.82. The Bertz CT molecular complexity index is 296. The highest BCUT2D eigenvalue weighted by atomic mass is 79.9. The van der Waals surface area contributed by atoms with E-state index < -0.39 is 0 Å². The first-order valence-electron chi connectivity index (χ1n) is 5.68. The van der Waals surface area contributed by atoms with Gasteiger partial charge in [-0.25, -0.2) is 4.98 Å². The summed E-state index contributed by atoms with van der Waals surface area (Å²) in [5, 5.41) is 3.57. The van der Waals surface area contributed by atoms with Crippen LogP contribution in [0.4, 0.5) is 0 Å². The number of aryl methyl sites for hydroxylation is 1. The van der Waals surface area contributed by atoms with Crippen molar-refractivity contribution in [2.24, 2.45) is 0 Å². The largest absolute Gasteiger partial charge is 0.323 e. The van der Waals surface area contributed by atoms with Gasteiger partial charge in [-0.2, -0.15) is 0 Å². The SMILES string of the molecule is Cc1ncc(Br)n1CCC1CCCCN1. The van der Waals surface area contributed by atoms with Crippen molar-refractivity contribution in [2.45, 2.75) is 45.2 Å². The molecular weight excluding hydrogens is 254 g/mol. The summed E-state index contributed by atoms with van der Waals surface area (Å²) < 4.78 is 3.33. The number of halogens is 1. The highest BCUT2D eigenvalue weighted by Crippen LogP contribution is 2.16. The highest BCUT2D eigenvalue weighted by Gasteiger charge is 2.13. The molecule has 1 N–H and O–H groups in total. The lowest BCUT2D eigenvalue weighted by Crippen LogP contribution is -2.34. The maximum Gasteiger partial charge on any atom is 0.106 e. The van der Waals surface area contributed by atoms with E-state index in [-0.39, 0.29) is 0 Å². The van der Waals surface area contributed by atoms with Gasteiger partial charge in [0.05, 0.1) is 6.20 Å². The summed E-state index contributed by atoms with van der Waals surface area (Å²) in [6.07, 6.45) is 7.12. The van der Waals surface area contributed by atoms with E-state index >= 15 is 0 Å². The van der Waals surface area contributed by atoms with Crippen molar-refractivity contribution in [1.82, 2.24) is 14.9 Å². The lowest BCUT2D eigenvalue weighted by atomic mass is 10.0. The molecule has 0 spiro atoms. The maximum absolute atomic E-state index is 4.28. The van der Waals surface area contributed by atoms with Crippen molar-refractivity contribution < 1.29 is 0 Å². The quantitative estimate of drug-likeness (QED) is 0.916. The van der Waals surface area contributed by atoms with Crippen molar-refractivity contribution >= 4 is 15.9 Å². The van der Waals surface area contributed by atoms with Crippen LogP contribution in [-0.4, -0.2) is 22.1 Å². The van der Waals surface area contributed by atoms with Gasteiger partial charge in [-0.3, -0.25) is 0 Å². The lowest BCUT2D eigenvalue weighted by molar-refractivity contribution is 0.364. The van der Waals surface area contributed by atoms with Gasteiger partial charge >= 0.3 is 0 Å². The van der Waals surface area contributed by atoms with Gasteiger partial charge in [0.2, 0.25) is 0 Å². The molecule has 1 atom stereocenters. The van der Waals surface area contributed by atoms with Crippen molar-refractivity contribution in [1.29, 1.82) is 0 Å². The molecule has 1 unspecified atom stereocenters. The molecule has 2 rings (SSSR count). The number of imidazole rings is 1. The highest BCUT2D eigenvalue weighted by molar-refractivity contribution is 9.10. The molecule has 0 amide bonds. The summed E-state index contributed by atoms with van der Waals surface area (Å²) in [6.45, 7) is 4.30. The molecule has 1 fully saturated rings. The van der Waals surface area contributed by atoms with Crippen molar-refractivity contribution in [3.63, 3.8) is 0 Å². The fourth-order valence-corrected chi connectivity index (χ4v) is 2.70. The topological polar surface area (TPSA) is 29.9 Å². The first-order chi connectivity index (χ1) is 7.27. The van der Waals surface area contributed by atoms with Gasteiger partial charge in [0.25, 0.3) is 0 Å². The summed E-state index contributed by atoms with van der Waals surface area (Å²) in [6, 6.07) is 0.701. The number of piperidine rings is 1. The molecule has 3 nitrogen and oxygen atoms in total. The summed E-state index contributed by atoms with van der Waals surface area (Å²) in [7, 11) is 0. The van der Waals surface area contributed by atoms with Gasteiger partial charge < -0.3 is 9.88 Å². The van der Waals surface area contributed by atoms with Gasteiger partial charge in [-0.1, -0.05) is 6.42 Å². The van der Waals surface area contributed by atoms with Crippen LogP contribution >= 0.6 is 15.9 Å². The zero-order chi connectivity index (χ0) is 10.7. The maximum atomic E-state index is 4.28. The van der Waals surface area contributed by atoms with Crippen LogP contribution in [-0.2, 0) is 6.54 Å². The molecular formula is C11H18BrN3. The van der Waals surface area contributed by atoms with Crippen LogP contribution in [0, 0.1) is 6.92 Å². The summed E-state index contributed by atoms with van der Waals surface area (Å²) >= 11 is 3.52. The molecule has 15 heavy (non-hydrogen) atoms. The Kier molecular flexibility index (Phi) is 3.81. The minimum absolute atomic E-state index is 0.701. The number of nitrogens with one attached hydrogen (secondary N) is 1. The van der Waals surface area contributed by atoms with Crippen LogP contribution in [0.3, 0.4) is 0 Å². The Balaban J connectivity index is 1.87. The molecule has 0 bridgehead atoms. The first kappa shape index (κ1) is 11.1. The average Bonchev–Trinajstić information content (AvgIpc) is 2.58. The van der Waals surface area contributed by atoms with Crippen LogP contribution in [0.1, 0.15) is 31.5 Å². The zero-order valence-corrected chi connectivity index (χ0v) is 10.8. The number of rotatable bonds is 3. The van der Waals surface area contributed by atoms with Crippen LogP contribution in [0.15, 0.2) is 10.8 Å². The van der Waals surface area contributed by atoms with Gasteiger partial charge in [-0.05, 0) is 48.7 Å². The Hall–Kier alpha value is -0.350. The van der Waals surface area contributed by atoms with E-state index in [9.17, 15) is 0 Å². The number of hydrogen-bond acceptors (Lipinski definition) is 2. The second kappa shape index (κ2) is 5.12. The molecule has 84 valence electrons. The molecule has 4 heteroatoms. The fourth-order valence-electron chi connectivity index (χ4n) is 2.16. The molecule has 1 aromatic rings. The second-order valence-corrected chi connectivity index (χ2v) is 5.03. The number of aromatic nitrogens is 2. The van der Waals surface area contributed by atoms with E-state index in [0.717, 1.165) is 17.0 Å². The van der Waals surface area contributed by atoms with Crippen molar-refractivity contribution in [3.8, 4) is 0 Å². The monoisotopic (exact) mass is 271 g/mol. The number of nitrogens with zero attached hydrogens (tertiary/aromatic N) is 2. The molecule has 0 aliphatic carbocycles. The smallest absolute Gasteiger partial charge is 0.106 e. The molecule has 0 saturated carbocycles. The van der Waals surface area contributed by atoms with Gasteiger partial charge in [-0.15, -0.1) is 0 Å². The Labute approximate surface area is 99.4 Å². The van der Waals surface area contributed by atoms with E-state index in [1.807, 2.05) is 6.20 Å². The van der Waals surface area contributed by atoms with E-state index in [4.69, 9.17) is 0 Å². The minimum atomic E-state index is 0.701. The first-order valence-corrected chi connectivity index (χ1v) is 6.47. The third-order valence-corrected chi connectivity index (χ3v) is 3.75. The molecule has 1 aliphatic rings. The molecule has 0 radical (unpaired) electrons. The standard InChI is InChI=1S/C11H18BrN3/c1-9-14-8-11(12)15(9)7-5-10-4-2-3-6-13-10/h8,10,13H,2-7H2,1H3. The molecule has 1 saturated heterocycles. The van der Waals surface area contributed by atoms with Crippen LogP contribution in [0.25, 0.3) is 0 Å². The average molecular weight is 272 g/mol. The lowest BCUT2D eigenvalue weighted by Gasteiger charge is -2.23. The van der Waals surface area contributed by atoms with Gasteiger partial charge in [0.1, 0.15) is 10.4 Å². The van der Waals surface area contributed by atoms with E-state index in [1.165, 1.54) is 32.2 Å². The van der Waals surface area contributed by atoms with Crippen LogP contribution in [0.5, 0.6) is 0 Å². The zero-order valence-electron chi connectivity index (χ0n) is 9.17. The number of hydrogen-bond donors (Lipinski definition) is 1. The Morgan fingerprint density at radius 1 is 1.60 bits per heavy atom. The Morgan fingerprint density at radius 2 is 2.47 bits per heavy atom. The van der Waals surface area contributed by atoms with Crippen LogP contribution in [0.2, 0.25) is 0 Å². The predicted molar refractivity (Wildman–Crippen MR) is 64.9 cm³/mol. The molecule has 2 heterocycles. The predicted octanol–water partition coefficient (Wildman–Crippen LogP) is 2.49. The molecule has 1 aliphatic heterocycles. The van der Waals surface area contributed by atoms with E-state index in [0.29, 0.717) is 6.04 Å². The summed E-state index contributed by atoms with van der Waals surface area (Å²) in [4.78, 5) is 4.28. The minimum Gasteiger partial charge on any atom is -0.323 e. The van der Waals surface area contributed by atoms with Crippen molar-refractivity contribution in [3.05, 3.63) is 16.6 Å². The van der Waals surface area contributed by atoms with E-state index in [2.05, 4.69) is 37.7 Å². The van der Waals surface area contributed by atoms with Crippen LogP contribution < -0.4 is 5.32 Å². The normalized spacial score (nSPS) is 21.9. The third-order valence-electron chi connectivity index (χ3n) is 3.12. The summed E-state index contributed by atoms with van der Waals surface area (Å²) in [5.41, 5.74) is 0. The van der Waals surface area contributed by atoms with Gasteiger partial charge in [0.15, 0.2) is 0 Å². The fraction of sp³-hybridized carbons (Fsp3) is 0.727. The van der Waals surface area contributed by atoms with Gasteiger partial charge in [0, 0.05) is 12.6 Å². The molecule has 1 aromatic heterocycles. The Morgan fingerprint density at radius 3 is 3.07 bits per heavy atom.